The lowest BCUT2D eigenvalue weighted by molar-refractivity contribution is -0.0425. The van der Waals surface area contributed by atoms with E-state index < -0.39 is 0 Å². The molecule has 0 fully saturated rings. The van der Waals surface area contributed by atoms with Gasteiger partial charge in [-0.15, -0.1) is 0 Å². The molecule has 0 aromatic heterocycles. The molecule has 0 aliphatic heterocycles. The van der Waals surface area contributed by atoms with Gasteiger partial charge in [-0.3, -0.25) is 0 Å². The Morgan fingerprint density at radius 2 is 1.35 bits per heavy atom. The minimum atomic E-state index is -0.0829. The van der Waals surface area contributed by atoms with Gasteiger partial charge in [0.25, 0.3) is 0 Å². The lowest BCUT2D eigenvalue weighted by atomic mass is 10.2. The van der Waals surface area contributed by atoms with E-state index in [0.717, 1.165) is 26.0 Å². The van der Waals surface area contributed by atoms with Gasteiger partial charge >= 0.3 is 0 Å². The van der Waals surface area contributed by atoms with E-state index in [1.807, 2.05) is 20.8 Å². The number of hydrogen-bond acceptors (Lipinski definition) is 4. The second-order valence-corrected chi connectivity index (χ2v) is 8.99. The number of nitrogens with one attached hydrogen (secondary N) is 1. The molecule has 20 heavy (non-hydrogen) atoms. The normalized spacial score (nSPS) is 12.9. The van der Waals surface area contributed by atoms with Crippen molar-refractivity contribution in [2.45, 2.75) is 56.6 Å². The van der Waals surface area contributed by atoms with Crippen molar-refractivity contribution in [1.82, 2.24) is 5.32 Å². The van der Waals surface area contributed by atoms with Gasteiger partial charge in [0, 0.05) is 6.61 Å². The van der Waals surface area contributed by atoms with E-state index >= 15 is 0 Å². The Kier molecular flexibility index (Phi) is 11.5. The Morgan fingerprint density at radius 3 is 1.90 bits per heavy atom. The van der Waals surface area contributed by atoms with E-state index in [1.165, 1.54) is 0 Å². The van der Waals surface area contributed by atoms with Crippen molar-refractivity contribution in [2.24, 2.45) is 0 Å². The smallest absolute Gasteiger partial charge is 0.0707 e. The molecule has 0 saturated heterocycles. The Balaban J connectivity index is 3.10. The van der Waals surface area contributed by atoms with Crippen LogP contribution in [0.15, 0.2) is 0 Å². The minimum absolute atomic E-state index is 0.0829. The van der Waals surface area contributed by atoms with E-state index in [4.69, 9.17) is 14.2 Å². The SMILES string of the molecule is CC(C)(I)NCCCCOCCOCCOC(C)(C)C. The number of ether oxygens (including phenoxy) is 3. The van der Waals surface area contributed by atoms with Crippen LogP contribution in [-0.4, -0.2) is 48.7 Å². The molecule has 0 aromatic rings. The van der Waals surface area contributed by atoms with Crippen molar-refractivity contribution in [3.8, 4) is 0 Å². The molecule has 0 aliphatic rings. The fraction of sp³-hybridized carbons (Fsp3) is 1.00. The van der Waals surface area contributed by atoms with Crippen LogP contribution >= 0.6 is 22.6 Å². The zero-order valence-electron chi connectivity index (χ0n) is 13.8. The second kappa shape index (κ2) is 11.2. The Hall–Kier alpha value is 0.570. The number of unbranched alkanes of at least 4 members (excludes halogenated alkanes) is 1. The molecule has 0 heterocycles. The summed E-state index contributed by atoms with van der Waals surface area (Å²) in [6, 6.07) is 0. The third-order valence-corrected chi connectivity index (χ3v) is 2.78. The van der Waals surface area contributed by atoms with E-state index in [2.05, 4.69) is 41.8 Å². The minimum Gasteiger partial charge on any atom is -0.379 e. The summed E-state index contributed by atoms with van der Waals surface area (Å²) in [7, 11) is 0. The average Bonchev–Trinajstić information content (AvgIpc) is 2.27. The molecule has 0 spiro atoms. The van der Waals surface area contributed by atoms with Gasteiger partial charge < -0.3 is 19.5 Å². The van der Waals surface area contributed by atoms with Gasteiger partial charge in [-0.1, -0.05) is 22.6 Å². The third kappa shape index (κ3) is 18.6. The van der Waals surface area contributed by atoms with Crippen molar-refractivity contribution < 1.29 is 14.2 Å². The van der Waals surface area contributed by atoms with Crippen LogP contribution in [0.2, 0.25) is 0 Å². The van der Waals surface area contributed by atoms with Crippen molar-refractivity contribution in [3.63, 3.8) is 0 Å². The van der Waals surface area contributed by atoms with E-state index in [1.54, 1.807) is 0 Å². The summed E-state index contributed by atoms with van der Waals surface area (Å²) in [4.78, 5) is 0. The molecule has 0 aromatic carbocycles. The van der Waals surface area contributed by atoms with Gasteiger partial charge in [-0.05, 0) is 54.0 Å². The molecule has 0 saturated carbocycles. The highest BCUT2D eigenvalue weighted by Crippen LogP contribution is 2.11. The van der Waals surface area contributed by atoms with Crippen LogP contribution in [0, 0.1) is 0 Å². The van der Waals surface area contributed by atoms with Crippen LogP contribution in [0.5, 0.6) is 0 Å². The zero-order chi connectivity index (χ0) is 15.5. The number of rotatable bonds is 12. The van der Waals surface area contributed by atoms with Gasteiger partial charge in [0.2, 0.25) is 0 Å². The lowest BCUT2D eigenvalue weighted by Crippen LogP contribution is -2.33. The van der Waals surface area contributed by atoms with E-state index in [0.29, 0.717) is 26.4 Å². The predicted octanol–water partition coefficient (Wildman–Crippen LogP) is 3.38. The van der Waals surface area contributed by atoms with Crippen LogP contribution in [0.4, 0.5) is 0 Å². The van der Waals surface area contributed by atoms with Crippen molar-refractivity contribution >= 4 is 22.6 Å². The largest absolute Gasteiger partial charge is 0.379 e. The first-order valence-corrected chi connectivity index (χ1v) is 8.52. The molecule has 1 N–H and O–H groups in total. The highest BCUT2D eigenvalue weighted by atomic mass is 127. The summed E-state index contributed by atoms with van der Waals surface area (Å²) in [6.45, 7) is 14.9. The summed E-state index contributed by atoms with van der Waals surface area (Å²) < 4.78 is 16.7. The molecule has 5 heteroatoms. The van der Waals surface area contributed by atoms with Gasteiger partial charge in [0.15, 0.2) is 0 Å². The molecule has 0 atom stereocenters. The van der Waals surface area contributed by atoms with Crippen molar-refractivity contribution in [2.75, 3.05) is 39.6 Å². The maximum atomic E-state index is 5.56. The molecular weight excluding hydrogens is 369 g/mol. The highest BCUT2D eigenvalue weighted by Gasteiger charge is 2.09. The van der Waals surface area contributed by atoms with Gasteiger partial charge in [0.05, 0.1) is 35.6 Å². The first kappa shape index (κ1) is 20.6. The van der Waals surface area contributed by atoms with E-state index in [9.17, 15) is 0 Å². The fourth-order valence-electron chi connectivity index (χ4n) is 1.44. The number of halogens is 1. The van der Waals surface area contributed by atoms with E-state index in [-0.39, 0.29) is 9.15 Å². The lowest BCUT2D eigenvalue weighted by Gasteiger charge is -2.19. The van der Waals surface area contributed by atoms with Gasteiger partial charge in [-0.25, -0.2) is 0 Å². The summed E-state index contributed by atoms with van der Waals surface area (Å²) >= 11 is 2.40. The first-order valence-electron chi connectivity index (χ1n) is 7.44. The molecule has 0 rings (SSSR count). The second-order valence-electron chi connectivity index (χ2n) is 6.29. The molecule has 0 radical (unpaired) electrons. The summed E-state index contributed by atoms with van der Waals surface area (Å²) in [6.07, 6.45) is 2.24. The Bertz CT molecular complexity index is 200. The Morgan fingerprint density at radius 1 is 0.800 bits per heavy atom. The monoisotopic (exact) mass is 401 g/mol. The first-order chi connectivity index (χ1) is 9.21. The fourth-order valence-corrected chi connectivity index (χ4v) is 1.71. The molecule has 122 valence electrons. The molecule has 0 amide bonds. The summed E-state index contributed by atoms with van der Waals surface area (Å²) in [5.41, 5.74) is -0.0829. The van der Waals surface area contributed by atoms with Crippen molar-refractivity contribution in [3.05, 3.63) is 0 Å². The molecule has 0 unspecified atom stereocenters. The van der Waals surface area contributed by atoms with Gasteiger partial charge in [-0.2, -0.15) is 0 Å². The highest BCUT2D eigenvalue weighted by molar-refractivity contribution is 14.1. The topological polar surface area (TPSA) is 39.7 Å². The Labute approximate surface area is 138 Å². The van der Waals surface area contributed by atoms with Crippen LogP contribution in [0.1, 0.15) is 47.5 Å². The predicted molar refractivity (Wildman–Crippen MR) is 92.7 cm³/mol. The number of alkyl halides is 1. The van der Waals surface area contributed by atoms with Crippen LogP contribution < -0.4 is 5.32 Å². The maximum absolute atomic E-state index is 5.56. The summed E-state index contributed by atoms with van der Waals surface area (Å²) in [5, 5.41) is 3.45. The average molecular weight is 401 g/mol. The molecule has 0 aliphatic carbocycles. The van der Waals surface area contributed by atoms with Crippen LogP contribution in [0.25, 0.3) is 0 Å². The van der Waals surface area contributed by atoms with Crippen molar-refractivity contribution in [1.29, 1.82) is 0 Å². The maximum Gasteiger partial charge on any atom is 0.0707 e. The van der Waals surface area contributed by atoms with Crippen LogP contribution in [-0.2, 0) is 14.2 Å². The van der Waals surface area contributed by atoms with Gasteiger partial charge in [0.1, 0.15) is 0 Å². The molecular formula is C15H32INO3. The summed E-state index contributed by atoms with van der Waals surface area (Å²) in [5.74, 6) is 0. The quantitative estimate of drug-likeness (QED) is 0.236. The molecule has 0 bridgehead atoms. The standard InChI is InChI=1S/C15H32INO3/c1-14(2,3)20-13-12-19-11-10-18-9-7-6-8-17-15(4,5)16/h17H,6-13H2,1-5H3. The third-order valence-electron chi connectivity index (χ3n) is 2.40. The zero-order valence-corrected chi connectivity index (χ0v) is 15.9. The number of hydrogen-bond donors (Lipinski definition) is 1. The van der Waals surface area contributed by atoms with Crippen LogP contribution in [0.3, 0.4) is 0 Å². The molecule has 4 nitrogen and oxygen atoms in total.